The highest BCUT2D eigenvalue weighted by molar-refractivity contribution is 5.77. The van der Waals surface area contributed by atoms with Gasteiger partial charge in [0.25, 0.3) is 0 Å². The molecule has 0 aromatic heterocycles. The van der Waals surface area contributed by atoms with E-state index in [2.05, 4.69) is 0 Å². The molecule has 126 valence electrons. The fourth-order valence-electron chi connectivity index (χ4n) is 1.87. The molecule has 1 rings (SSSR count). The van der Waals surface area contributed by atoms with Crippen LogP contribution in [0.3, 0.4) is 0 Å². The first-order chi connectivity index (χ1) is 12.2. The van der Waals surface area contributed by atoms with Gasteiger partial charge in [0, 0.05) is 17.5 Å². The number of aliphatic hydroxyl groups is 1. The third-order valence-corrected chi connectivity index (χ3v) is 2.96. The van der Waals surface area contributed by atoms with Gasteiger partial charge in [-0.15, -0.1) is 0 Å². The van der Waals surface area contributed by atoms with E-state index in [4.69, 9.17) is 40.4 Å². The van der Waals surface area contributed by atoms with Crippen LogP contribution in [0.4, 0.5) is 0 Å². The molecule has 0 unspecified atom stereocenters. The second-order valence-electron chi connectivity index (χ2n) is 4.46. The number of ether oxygens (including phenoxy) is 3. The van der Waals surface area contributed by atoms with Gasteiger partial charge in [0.2, 0.25) is 0 Å². The minimum Gasteiger partial charge on any atom is -0.490 e. The Bertz CT molecular complexity index is 879. The van der Waals surface area contributed by atoms with E-state index in [9.17, 15) is 0 Å². The van der Waals surface area contributed by atoms with Gasteiger partial charge in [0.1, 0.15) is 60.1 Å². The maximum Gasteiger partial charge on any atom is 0.140 e. The van der Waals surface area contributed by atoms with Crippen molar-refractivity contribution < 1.29 is 19.3 Å². The molecular weight excluding hydrogens is 324 g/mol. The molecule has 1 aromatic rings. The number of hydrogen-bond acceptors (Lipinski definition) is 8. The predicted octanol–water partition coefficient (Wildman–Crippen LogP) is -0.521. The Kier molecular flexibility index (Phi) is 8.00. The summed E-state index contributed by atoms with van der Waals surface area (Å²) in [6.07, 6.45) is 0. The van der Waals surface area contributed by atoms with E-state index in [0.717, 1.165) is 0 Å². The van der Waals surface area contributed by atoms with Gasteiger partial charge in [-0.05, 0) is 12.1 Å². The normalized spacial score (nSPS) is 9.04. The summed E-state index contributed by atoms with van der Waals surface area (Å²) in [6.45, 7) is 0.0225. The van der Waals surface area contributed by atoms with Crippen LogP contribution in [0.25, 0.3) is 11.1 Å². The monoisotopic (exact) mass is 338 g/mol. The lowest BCUT2D eigenvalue weighted by Gasteiger charge is -2.11. The van der Waals surface area contributed by atoms with Crippen LogP contribution in [0.2, 0.25) is 0 Å². The average Bonchev–Trinajstić information content (AvgIpc) is 2.64. The fourth-order valence-corrected chi connectivity index (χ4v) is 1.87. The standard InChI is InChI=1S/C17H14N4O4/c1-23-4-5-25-17-7-14(12(8-18)9-19)16(24-3-2-22)6-15(17)13(10-20)11-21/h6-7,22H,2-5H2,1H3. The van der Waals surface area contributed by atoms with Crippen molar-refractivity contribution in [2.45, 2.75) is 0 Å². The summed E-state index contributed by atoms with van der Waals surface area (Å²) in [5.74, 6) is 0.230. The van der Waals surface area contributed by atoms with Crippen LogP contribution in [-0.4, -0.2) is 38.6 Å². The predicted molar refractivity (Wildman–Crippen MR) is 84.9 cm³/mol. The minimum absolute atomic E-state index is 0.0873. The molecule has 0 atom stereocenters. The largest absolute Gasteiger partial charge is 0.490 e. The van der Waals surface area contributed by atoms with Gasteiger partial charge in [0.05, 0.1) is 13.2 Å². The zero-order valence-electron chi connectivity index (χ0n) is 13.4. The van der Waals surface area contributed by atoms with Crippen molar-refractivity contribution in [3.63, 3.8) is 0 Å². The molecule has 1 N–H and O–H groups in total. The van der Waals surface area contributed by atoms with E-state index >= 15 is 0 Å². The molecule has 0 saturated carbocycles. The summed E-state index contributed by atoms with van der Waals surface area (Å²) >= 11 is 0. The highest BCUT2D eigenvalue weighted by atomic mass is 16.5. The van der Waals surface area contributed by atoms with Crippen molar-refractivity contribution in [1.29, 1.82) is 21.0 Å². The molecule has 0 spiro atoms. The summed E-state index contributed by atoms with van der Waals surface area (Å²) in [5, 5.41) is 45.7. The van der Waals surface area contributed by atoms with Gasteiger partial charge >= 0.3 is 0 Å². The van der Waals surface area contributed by atoms with Crippen molar-refractivity contribution in [2.24, 2.45) is 0 Å². The molecule has 25 heavy (non-hydrogen) atoms. The Morgan fingerprint density at radius 2 is 1.28 bits per heavy atom. The number of benzene rings is 1. The molecule has 0 fully saturated rings. The highest BCUT2D eigenvalue weighted by Gasteiger charge is 2.11. The first-order valence-corrected chi connectivity index (χ1v) is 7.05. The van der Waals surface area contributed by atoms with Gasteiger partial charge in [-0.2, -0.15) is 21.0 Å². The maximum atomic E-state index is 9.13. The maximum absolute atomic E-state index is 9.13. The van der Waals surface area contributed by atoms with Crippen LogP contribution in [0, 0.1) is 45.3 Å². The molecule has 8 heteroatoms. The topological polar surface area (TPSA) is 143 Å². The average molecular weight is 338 g/mol. The van der Waals surface area contributed by atoms with E-state index < -0.39 is 0 Å². The summed E-state index contributed by atoms with van der Waals surface area (Å²) < 4.78 is 15.8. The molecule has 0 heterocycles. The second-order valence-corrected chi connectivity index (χ2v) is 4.46. The van der Waals surface area contributed by atoms with Crippen LogP contribution in [0.15, 0.2) is 12.1 Å². The number of aliphatic hydroxyl groups excluding tert-OH is 1. The van der Waals surface area contributed by atoms with Crippen LogP contribution < -0.4 is 19.9 Å². The molecule has 0 bridgehead atoms. The number of nitrogens with zero attached hydrogens (tertiary/aromatic N) is 4. The smallest absolute Gasteiger partial charge is 0.140 e. The first-order valence-electron chi connectivity index (χ1n) is 7.05. The zero-order chi connectivity index (χ0) is 18.7. The van der Waals surface area contributed by atoms with Crippen LogP contribution in [0.5, 0.6) is 11.5 Å². The molecule has 0 amide bonds. The minimum atomic E-state index is -0.289. The zero-order valence-corrected chi connectivity index (χ0v) is 13.4. The van der Waals surface area contributed by atoms with Crippen LogP contribution in [0.1, 0.15) is 0 Å². The van der Waals surface area contributed by atoms with Crippen LogP contribution >= 0.6 is 0 Å². The van der Waals surface area contributed by atoms with Gasteiger partial charge in [0.15, 0.2) is 0 Å². The van der Waals surface area contributed by atoms with Gasteiger partial charge in [-0.25, -0.2) is 0 Å². The summed E-state index contributed by atoms with van der Waals surface area (Å²) in [6, 6.07) is 9.72. The van der Waals surface area contributed by atoms with Gasteiger partial charge < -0.3 is 19.3 Å². The Morgan fingerprint density at radius 1 is 0.840 bits per heavy atom. The SMILES string of the molecule is COCCOc1cc(=C(C#N)C#N)c(OCCO)cc1=C(C#N)C#N. The quantitative estimate of drug-likeness (QED) is 0.654. The van der Waals surface area contributed by atoms with Crippen molar-refractivity contribution in [3.05, 3.63) is 22.6 Å². The fraction of sp³-hybridized carbons (Fsp3) is 0.294. The molecule has 1 aromatic carbocycles. The van der Waals surface area contributed by atoms with E-state index in [1.165, 1.54) is 19.2 Å². The lowest BCUT2D eigenvalue weighted by molar-refractivity contribution is 0.145. The Balaban J connectivity index is 3.80. The highest BCUT2D eigenvalue weighted by Crippen LogP contribution is 2.11. The van der Waals surface area contributed by atoms with Crippen LogP contribution in [-0.2, 0) is 4.74 Å². The number of nitriles is 4. The molecular formula is C17H14N4O4. The van der Waals surface area contributed by atoms with Crippen molar-refractivity contribution in [2.75, 3.05) is 33.5 Å². The van der Waals surface area contributed by atoms with Crippen molar-refractivity contribution >= 4 is 11.1 Å². The molecule has 0 aliphatic heterocycles. The lowest BCUT2D eigenvalue weighted by atomic mass is 10.1. The third-order valence-electron chi connectivity index (χ3n) is 2.96. The Labute approximate surface area is 144 Å². The summed E-state index contributed by atoms with van der Waals surface area (Å²) in [5.41, 5.74) is -0.449. The number of rotatable bonds is 7. The molecule has 0 radical (unpaired) electrons. The molecule has 0 aliphatic carbocycles. The summed E-state index contributed by atoms with van der Waals surface area (Å²) in [7, 11) is 1.49. The Morgan fingerprint density at radius 3 is 1.64 bits per heavy atom. The van der Waals surface area contributed by atoms with E-state index in [1.807, 2.05) is 0 Å². The Hall–Kier alpha value is -3.56. The van der Waals surface area contributed by atoms with Crippen molar-refractivity contribution in [1.82, 2.24) is 0 Å². The van der Waals surface area contributed by atoms with Crippen molar-refractivity contribution in [3.8, 4) is 35.8 Å². The van der Waals surface area contributed by atoms with Gasteiger partial charge in [-0.3, -0.25) is 0 Å². The molecule has 0 aliphatic rings. The lowest BCUT2D eigenvalue weighted by Crippen LogP contribution is -2.22. The summed E-state index contributed by atoms with van der Waals surface area (Å²) in [4.78, 5) is 0. The van der Waals surface area contributed by atoms with E-state index in [0.29, 0.717) is 0 Å². The molecule has 0 saturated heterocycles. The number of hydrogen-bond donors (Lipinski definition) is 1. The second kappa shape index (κ2) is 10.3. The number of methoxy groups -OCH3 is 1. The molecule has 8 nitrogen and oxygen atoms in total. The third kappa shape index (κ3) is 4.96. The first kappa shape index (κ1) is 19.5. The van der Waals surface area contributed by atoms with Gasteiger partial charge in [-0.1, -0.05) is 0 Å². The van der Waals surface area contributed by atoms with E-state index in [1.54, 1.807) is 24.3 Å². The van der Waals surface area contributed by atoms with E-state index in [-0.39, 0.29) is 59.5 Å².